The number of fused-ring (bicyclic) bond motifs is 1. The Kier molecular flexibility index (Phi) is 4.67. The summed E-state index contributed by atoms with van der Waals surface area (Å²) in [4.78, 5) is 10.9. The first-order valence-electron chi connectivity index (χ1n) is 9.41. The van der Waals surface area contributed by atoms with E-state index in [1.807, 2.05) is 18.2 Å². The van der Waals surface area contributed by atoms with Gasteiger partial charge in [-0.15, -0.1) is 0 Å². The van der Waals surface area contributed by atoms with Crippen molar-refractivity contribution in [2.75, 3.05) is 0 Å². The molecule has 142 valence electrons. The number of aliphatic carboxylic acids is 1. The van der Waals surface area contributed by atoms with Crippen molar-refractivity contribution in [2.45, 2.75) is 58.3 Å². The third kappa shape index (κ3) is 3.64. The van der Waals surface area contributed by atoms with Crippen molar-refractivity contribution in [2.24, 2.45) is 0 Å². The van der Waals surface area contributed by atoms with Crippen LogP contribution in [0, 0.1) is 6.92 Å². The zero-order valence-corrected chi connectivity index (χ0v) is 16.8. The molecule has 0 bridgehead atoms. The highest BCUT2D eigenvalue weighted by molar-refractivity contribution is 5.89. The molecule has 3 nitrogen and oxygen atoms in total. The van der Waals surface area contributed by atoms with Crippen LogP contribution in [0.4, 0.5) is 0 Å². The van der Waals surface area contributed by atoms with Crippen LogP contribution in [-0.4, -0.2) is 16.2 Å². The van der Waals surface area contributed by atoms with Crippen molar-refractivity contribution < 1.29 is 15.0 Å². The monoisotopic (exact) mass is 364 g/mol. The van der Waals surface area contributed by atoms with Crippen LogP contribution in [0.15, 0.2) is 42.2 Å². The molecule has 0 unspecified atom stereocenters. The lowest BCUT2D eigenvalue weighted by molar-refractivity contribution is -0.135. The van der Waals surface area contributed by atoms with E-state index in [0.717, 1.165) is 17.5 Å². The van der Waals surface area contributed by atoms with Crippen LogP contribution in [0.3, 0.4) is 0 Å². The first-order valence-corrected chi connectivity index (χ1v) is 9.41. The van der Waals surface area contributed by atoms with Crippen LogP contribution >= 0.6 is 0 Å². The lowest BCUT2D eigenvalue weighted by Crippen LogP contribution is -2.34. The number of carboxylic acids is 1. The summed E-state index contributed by atoms with van der Waals surface area (Å²) in [5.74, 6) is -1.98. The van der Waals surface area contributed by atoms with Gasteiger partial charge in [-0.1, -0.05) is 58.0 Å². The van der Waals surface area contributed by atoms with Gasteiger partial charge in [-0.2, -0.15) is 0 Å². The summed E-state index contributed by atoms with van der Waals surface area (Å²) in [7, 11) is 0. The van der Waals surface area contributed by atoms with Gasteiger partial charge in [-0.3, -0.25) is 0 Å². The highest BCUT2D eigenvalue weighted by Gasteiger charge is 2.37. The quantitative estimate of drug-likeness (QED) is 0.519. The minimum atomic E-state index is -1.32. The maximum Gasteiger partial charge on any atom is 0.370 e. The number of aliphatic hydroxyl groups excluding tert-OH is 1. The van der Waals surface area contributed by atoms with E-state index in [0.29, 0.717) is 5.56 Å². The Labute approximate surface area is 161 Å². The maximum atomic E-state index is 10.9. The number of rotatable bonds is 3. The van der Waals surface area contributed by atoms with Crippen molar-refractivity contribution in [3.63, 3.8) is 0 Å². The third-order valence-corrected chi connectivity index (χ3v) is 5.92. The first-order chi connectivity index (χ1) is 12.5. The Morgan fingerprint density at radius 1 is 0.963 bits per heavy atom. The molecule has 0 saturated carbocycles. The second-order valence-corrected chi connectivity index (χ2v) is 8.94. The van der Waals surface area contributed by atoms with Crippen LogP contribution in [-0.2, 0) is 15.6 Å². The minimum absolute atomic E-state index is 0.131. The average molecular weight is 364 g/mol. The zero-order valence-electron chi connectivity index (χ0n) is 16.8. The third-order valence-electron chi connectivity index (χ3n) is 5.92. The molecule has 0 heterocycles. The molecule has 0 spiro atoms. The van der Waals surface area contributed by atoms with Gasteiger partial charge in [0, 0.05) is 0 Å². The molecule has 3 rings (SSSR count). The summed E-state index contributed by atoms with van der Waals surface area (Å²) in [6.07, 6.45) is 3.62. The van der Waals surface area contributed by atoms with Crippen molar-refractivity contribution in [1.82, 2.24) is 0 Å². The summed E-state index contributed by atoms with van der Waals surface area (Å²) < 4.78 is 0. The van der Waals surface area contributed by atoms with E-state index in [1.165, 1.54) is 29.2 Å². The maximum absolute atomic E-state index is 10.9. The number of carbonyl (C=O) groups is 1. The molecule has 0 aromatic heterocycles. The second-order valence-electron chi connectivity index (χ2n) is 8.94. The van der Waals surface area contributed by atoms with Crippen LogP contribution in [0.2, 0.25) is 0 Å². The van der Waals surface area contributed by atoms with Gasteiger partial charge in [0.25, 0.3) is 0 Å². The second kappa shape index (κ2) is 6.56. The van der Waals surface area contributed by atoms with Gasteiger partial charge in [0.05, 0.1) is 0 Å². The molecule has 0 atom stereocenters. The summed E-state index contributed by atoms with van der Waals surface area (Å²) in [6, 6.07) is 12.3. The highest BCUT2D eigenvalue weighted by Crippen LogP contribution is 2.47. The number of aryl methyl sites for hydroxylation is 1. The fourth-order valence-corrected chi connectivity index (χ4v) is 4.05. The Morgan fingerprint density at radius 3 is 2.15 bits per heavy atom. The predicted molar refractivity (Wildman–Crippen MR) is 110 cm³/mol. The van der Waals surface area contributed by atoms with E-state index in [4.69, 9.17) is 5.11 Å². The van der Waals surface area contributed by atoms with E-state index in [1.54, 1.807) is 6.07 Å². The van der Waals surface area contributed by atoms with E-state index < -0.39 is 11.7 Å². The number of carboxylic acid groups (broad SMARTS) is 1. The number of hydrogen-bond donors (Lipinski definition) is 2. The standard InChI is InChI=1S/C24H28O3/c1-15-11-19-20(24(4,5)10-9-23(19,2)3)14-18(15)17-8-6-7-16(12-17)13-21(25)22(26)27/h6-8,11-14,25H,9-10H2,1-5H3,(H,26,27). The Bertz CT molecular complexity index is 933. The molecule has 0 amide bonds. The van der Waals surface area contributed by atoms with Crippen molar-refractivity contribution in [3.8, 4) is 11.1 Å². The van der Waals surface area contributed by atoms with Crippen molar-refractivity contribution >= 4 is 12.0 Å². The Hall–Kier alpha value is -2.55. The van der Waals surface area contributed by atoms with E-state index >= 15 is 0 Å². The molecule has 1 aliphatic carbocycles. The largest absolute Gasteiger partial charge is 0.502 e. The molecule has 0 aliphatic heterocycles. The summed E-state index contributed by atoms with van der Waals surface area (Å²) >= 11 is 0. The van der Waals surface area contributed by atoms with Crippen molar-refractivity contribution in [3.05, 3.63) is 64.4 Å². The molecule has 3 heteroatoms. The molecule has 1 aliphatic rings. The molecular weight excluding hydrogens is 336 g/mol. The number of hydrogen-bond acceptors (Lipinski definition) is 2. The molecule has 0 saturated heterocycles. The number of aliphatic hydroxyl groups is 1. The SMILES string of the molecule is Cc1cc2c(cc1-c1cccc(C=C(O)C(=O)O)c1)C(C)(C)CCC2(C)C. The molecule has 0 fully saturated rings. The minimum Gasteiger partial charge on any atom is -0.502 e. The van der Waals surface area contributed by atoms with Crippen LogP contribution in [0.25, 0.3) is 17.2 Å². The van der Waals surface area contributed by atoms with Gasteiger partial charge < -0.3 is 10.2 Å². The van der Waals surface area contributed by atoms with Crippen LogP contribution in [0.1, 0.15) is 62.8 Å². The van der Waals surface area contributed by atoms with E-state index in [-0.39, 0.29) is 10.8 Å². The lowest BCUT2D eigenvalue weighted by Gasteiger charge is -2.42. The molecular formula is C24H28O3. The Morgan fingerprint density at radius 2 is 1.56 bits per heavy atom. The van der Waals surface area contributed by atoms with Crippen LogP contribution in [0.5, 0.6) is 0 Å². The van der Waals surface area contributed by atoms with Gasteiger partial charge in [0.1, 0.15) is 0 Å². The zero-order chi connectivity index (χ0) is 20.0. The molecule has 2 aromatic rings. The summed E-state index contributed by atoms with van der Waals surface area (Å²) in [5, 5.41) is 18.4. The summed E-state index contributed by atoms with van der Waals surface area (Å²) in [5.41, 5.74) is 7.20. The number of benzene rings is 2. The van der Waals surface area contributed by atoms with Gasteiger partial charge in [0.2, 0.25) is 5.76 Å². The van der Waals surface area contributed by atoms with Gasteiger partial charge in [0.15, 0.2) is 0 Å². The molecule has 27 heavy (non-hydrogen) atoms. The first kappa shape index (κ1) is 19.2. The highest BCUT2D eigenvalue weighted by atomic mass is 16.4. The predicted octanol–water partition coefficient (Wildman–Crippen LogP) is 5.99. The topological polar surface area (TPSA) is 57.5 Å². The smallest absolute Gasteiger partial charge is 0.370 e. The van der Waals surface area contributed by atoms with E-state index in [9.17, 15) is 9.90 Å². The fraction of sp³-hybridized carbons (Fsp3) is 0.375. The Balaban J connectivity index is 2.14. The van der Waals surface area contributed by atoms with Crippen molar-refractivity contribution in [1.29, 1.82) is 0 Å². The fourth-order valence-electron chi connectivity index (χ4n) is 4.05. The molecule has 2 aromatic carbocycles. The van der Waals surface area contributed by atoms with Crippen LogP contribution < -0.4 is 0 Å². The van der Waals surface area contributed by atoms with Gasteiger partial charge in [-0.25, -0.2) is 4.79 Å². The normalized spacial score (nSPS) is 18.0. The molecule has 0 radical (unpaired) electrons. The van der Waals surface area contributed by atoms with Gasteiger partial charge >= 0.3 is 5.97 Å². The van der Waals surface area contributed by atoms with Gasteiger partial charge in [-0.05, 0) is 76.1 Å². The van der Waals surface area contributed by atoms with E-state index in [2.05, 4.69) is 46.8 Å². The lowest BCUT2D eigenvalue weighted by atomic mass is 9.62. The average Bonchev–Trinajstić information content (AvgIpc) is 2.59. The summed E-state index contributed by atoms with van der Waals surface area (Å²) in [6.45, 7) is 11.4. The molecule has 2 N–H and O–H groups in total.